The number of carbonyl (C=O) groups is 1. The number of benzene rings is 2. The molecule has 0 aliphatic heterocycles. The fraction of sp³-hybridized carbons (Fsp3) is 0.111. The topological polar surface area (TPSA) is 73.6 Å². The number of hydrogen-bond acceptors (Lipinski definition) is 5. The minimum Gasteiger partial charge on any atom is -0.497 e. The predicted octanol–water partition coefficient (Wildman–Crippen LogP) is 4.37. The second-order valence-electron chi connectivity index (χ2n) is 5.10. The zero-order valence-electron chi connectivity index (χ0n) is 13.6. The van der Waals surface area contributed by atoms with E-state index < -0.39 is 5.91 Å². The van der Waals surface area contributed by atoms with Gasteiger partial charge in [0.2, 0.25) is 0 Å². The van der Waals surface area contributed by atoms with Crippen molar-refractivity contribution in [2.75, 3.05) is 19.5 Å². The van der Waals surface area contributed by atoms with Crippen LogP contribution in [0.1, 0.15) is 10.5 Å². The number of amides is 1. The molecular formula is C18H15BrN2O4. The highest BCUT2D eigenvalue weighted by molar-refractivity contribution is 9.10. The molecule has 7 heteroatoms. The van der Waals surface area contributed by atoms with Gasteiger partial charge in [0.25, 0.3) is 5.91 Å². The first-order valence-corrected chi connectivity index (χ1v) is 8.16. The van der Waals surface area contributed by atoms with E-state index in [2.05, 4.69) is 26.4 Å². The zero-order valence-corrected chi connectivity index (χ0v) is 15.2. The SMILES string of the molecule is COc1ccc(NC(=O)c2cc(-c3ccc(Br)cc3)on2)c(OC)c1. The number of nitrogens with zero attached hydrogens (tertiary/aromatic N) is 1. The summed E-state index contributed by atoms with van der Waals surface area (Å²) in [6, 6.07) is 14.2. The van der Waals surface area contributed by atoms with Crippen molar-refractivity contribution in [1.82, 2.24) is 5.16 Å². The summed E-state index contributed by atoms with van der Waals surface area (Å²) in [7, 11) is 3.08. The summed E-state index contributed by atoms with van der Waals surface area (Å²) in [5.41, 5.74) is 1.52. The number of nitrogens with one attached hydrogen (secondary N) is 1. The first-order chi connectivity index (χ1) is 12.1. The molecule has 0 aliphatic carbocycles. The lowest BCUT2D eigenvalue weighted by Crippen LogP contribution is -2.13. The Morgan fingerprint density at radius 1 is 1.08 bits per heavy atom. The Morgan fingerprint density at radius 3 is 2.52 bits per heavy atom. The molecule has 3 aromatic rings. The van der Waals surface area contributed by atoms with E-state index >= 15 is 0 Å². The van der Waals surface area contributed by atoms with Crippen molar-refractivity contribution in [3.05, 3.63) is 58.7 Å². The quantitative estimate of drug-likeness (QED) is 0.685. The van der Waals surface area contributed by atoms with Crippen molar-refractivity contribution in [2.45, 2.75) is 0 Å². The third-order valence-corrected chi connectivity index (χ3v) is 4.06. The molecule has 0 spiro atoms. The Labute approximate surface area is 152 Å². The van der Waals surface area contributed by atoms with Crippen molar-refractivity contribution >= 4 is 27.5 Å². The van der Waals surface area contributed by atoms with Gasteiger partial charge in [0, 0.05) is 22.2 Å². The highest BCUT2D eigenvalue weighted by Gasteiger charge is 2.16. The summed E-state index contributed by atoms with van der Waals surface area (Å²) in [6.45, 7) is 0. The first-order valence-electron chi connectivity index (χ1n) is 7.36. The molecule has 0 saturated heterocycles. The van der Waals surface area contributed by atoms with Gasteiger partial charge >= 0.3 is 0 Å². The van der Waals surface area contributed by atoms with Crippen LogP contribution in [0.3, 0.4) is 0 Å². The molecule has 128 valence electrons. The normalized spacial score (nSPS) is 10.4. The van der Waals surface area contributed by atoms with E-state index in [0.717, 1.165) is 10.0 Å². The van der Waals surface area contributed by atoms with Crippen molar-refractivity contribution in [3.63, 3.8) is 0 Å². The fourth-order valence-electron chi connectivity index (χ4n) is 2.22. The van der Waals surface area contributed by atoms with Gasteiger partial charge in [-0.1, -0.05) is 33.2 Å². The van der Waals surface area contributed by atoms with E-state index in [1.54, 1.807) is 31.4 Å². The molecule has 25 heavy (non-hydrogen) atoms. The number of carbonyl (C=O) groups excluding carboxylic acids is 1. The smallest absolute Gasteiger partial charge is 0.277 e. The molecule has 0 fully saturated rings. The predicted molar refractivity (Wildman–Crippen MR) is 97.1 cm³/mol. The van der Waals surface area contributed by atoms with Crippen molar-refractivity contribution in [2.24, 2.45) is 0 Å². The minimum atomic E-state index is -0.393. The number of halogens is 1. The highest BCUT2D eigenvalue weighted by atomic mass is 79.9. The maximum absolute atomic E-state index is 12.4. The number of methoxy groups -OCH3 is 2. The zero-order chi connectivity index (χ0) is 17.8. The van der Waals surface area contributed by atoms with Gasteiger partial charge in [0.15, 0.2) is 11.5 Å². The summed E-state index contributed by atoms with van der Waals surface area (Å²) in [6.07, 6.45) is 0. The van der Waals surface area contributed by atoms with Crippen LogP contribution < -0.4 is 14.8 Å². The molecule has 0 bridgehead atoms. The van der Waals surface area contributed by atoms with Gasteiger partial charge in [-0.3, -0.25) is 4.79 Å². The Hall–Kier alpha value is -2.80. The van der Waals surface area contributed by atoms with Gasteiger partial charge < -0.3 is 19.3 Å². The molecule has 0 atom stereocenters. The molecule has 0 radical (unpaired) electrons. The first kappa shape index (κ1) is 17.0. The van der Waals surface area contributed by atoms with Crippen LogP contribution in [0.25, 0.3) is 11.3 Å². The molecule has 0 unspecified atom stereocenters. The average molecular weight is 403 g/mol. The van der Waals surface area contributed by atoms with E-state index in [1.807, 2.05) is 24.3 Å². The van der Waals surface area contributed by atoms with Crippen LogP contribution in [-0.2, 0) is 0 Å². The Morgan fingerprint density at radius 2 is 1.84 bits per heavy atom. The molecule has 6 nitrogen and oxygen atoms in total. The lowest BCUT2D eigenvalue weighted by atomic mass is 10.1. The number of anilines is 1. The third-order valence-electron chi connectivity index (χ3n) is 3.53. The van der Waals surface area contributed by atoms with Gasteiger partial charge in [-0.15, -0.1) is 0 Å². The molecule has 0 saturated carbocycles. The van der Waals surface area contributed by atoms with E-state index in [0.29, 0.717) is 22.9 Å². The summed E-state index contributed by atoms with van der Waals surface area (Å²) in [5.74, 6) is 1.24. The molecule has 2 aromatic carbocycles. The number of hydrogen-bond donors (Lipinski definition) is 1. The van der Waals surface area contributed by atoms with Crippen molar-refractivity contribution in [3.8, 4) is 22.8 Å². The Bertz CT molecular complexity index is 890. The molecule has 3 rings (SSSR count). The van der Waals surface area contributed by atoms with Gasteiger partial charge in [-0.2, -0.15) is 0 Å². The molecule has 1 N–H and O–H groups in total. The summed E-state index contributed by atoms with van der Waals surface area (Å²) < 4.78 is 16.6. The van der Waals surface area contributed by atoms with Crippen LogP contribution in [0.4, 0.5) is 5.69 Å². The van der Waals surface area contributed by atoms with E-state index in [4.69, 9.17) is 14.0 Å². The van der Waals surface area contributed by atoms with Crippen LogP contribution >= 0.6 is 15.9 Å². The largest absolute Gasteiger partial charge is 0.497 e. The molecular weight excluding hydrogens is 388 g/mol. The van der Waals surface area contributed by atoms with Crippen LogP contribution in [0.5, 0.6) is 11.5 Å². The fourth-order valence-corrected chi connectivity index (χ4v) is 2.48. The highest BCUT2D eigenvalue weighted by Crippen LogP contribution is 2.29. The molecule has 1 heterocycles. The van der Waals surface area contributed by atoms with Crippen molar-refractivity contribution < 1.29 is 18.8 Å². The van der Waals surface area contributed by atoms with Crippen LogP contribution in [0.2, 0.25) is 0 Å². The van der Waals surface area contributed by atoms with E-state index in [1.165, 1.54) is 7.11 Å². The maximum Gasteiger partial charge on any atom is 0.277 e. The summed E-state index contributed by atoms with van der Waals surface area (Å²) in [4.78, 5) is 12.4. The Kier molecular flexibility index (Phi) is 5.04. The lowest BCUT2D eigenvalue weighted by molar-refractivity contribution is 0.101. The number of aromatic nitrogens is 1. The van der Waals surface area contributed by atoms with Crippen LogP contribution in [0.15, 0.2) is 57.5 Å². The number of rotatable bonds is 5. The lowest BCUT2D eigenvalue weighted by Gasteiger charge is -2.10. The number of ether oxygens (including phenoxy) is 2. The third kappa shape index (κ3) is 3.83. The molecule has 1 aromatic heterocycles. The van der Waals surface area contributed by atoms with Gasteiger partial charge in [0.05, 0.1) is 19.9 Å². The van der Waals surface area contributed by atoms with E-state index in [-0.39, 0.29) is 5.69 Å². The minimum absolute atomic E-state index is 0.177. The van der Waals surface area contributed by atoms with Crippen molar-refractivity contribution in [1.29, 1.82) is 0 Å². The molecule has 0 aliphatic rings. The van der Waals surface area contributed by atoms with Crippen LogP contribution in [-0.4, -0.2) is 25.3 Å². The molecule has 1 amide bonds. The Balaban J connectivity index is 1.79. The summed E-state index contributed by atoms with van der Waals surface area (Å²) in [5, 5.41) is 6.59. The van der Waals surface area contributed by atoms with Gasteiger partial charge in [-0.25, -0.2) is 0 Å². The van der Waals surface area contributed by atoms with E-state index in [9.17, 15) is 4.79 Å². The summed E-state index contributed by atoms with van der Waals surface area (Å²) >= 11 is 3.38. The van der Waals surface area contributed by atoms with Crippen LogP contribution in [0, 0.1) is 0 Å². The average Bonchev–Trinajstić information content (AvgIpc) is 3.13. The van der Waals surface area contributed by atoms with Gasteiger partial charge in [0.1, 0.15) is 11.5 Å². The standard InChI is InChI=1S/C18H15BrN2O4/c1-23-13-7-8-14(17(9-13)24-2)20-18(22)15-10-16(25-21-15)11-3-5-12(19)6-4-11/h3-10H,1-2H3,(H,20,22). The second kappa shape index (κ2) is 7.40. The van der Waals surface area contributed by atoms with Gasteiger partial charge in [-0.05, 0) is 24.3 Å². The maximum atomic E-state index is 12.4. The monoisotopic (exact) mass is 402 g/mol. The second-order valence-corrected chi connectivity index (χ2v) is 6.02.